The van der Waals surface area contributed by atoms with E-state index in [1.165, 1.54) is 0 Å². The molecule has 0 bridgehead atoms. The summed E-state index contributed by atoms with van der Waals surface area (Å²) in [5.41, 5.74) is 5.16. The molecule has 0 spiro atoms. The Bertz CT molecular complexity index is 996. The predicted molar refractivity (Wildman–Crippen MR) is 134 cm³/mol. The Labute approximate surface area is 199 Å². The quantitative estimate of drug-likeness (QED) is 0.404. The molecule has 0 saturated heterocycles. The van der Waals surface area contributed by atoms with E-state index in [9.17, 15) is 0 Å². The molecule has 0 fully saturated rings. The maximum Gasteiger partial charge on any atom is 0.242 e. The smallest absolute Gasteiger partial charge is 0.242 e. The Morgan fingerprint density at radius 2 is 1.48 bits per heavy atom. The fourth-order valence-corrected chi connectivity index (χ4v) is 5.55. The molecule has 0 aromatic heterocycles. The molecular weight excluding hydrogens is 436 g/mol. The molecule has 0 heterocycles. The Morgan fingerprint density at radius 3 is 2.00 bits per heavy atom. The number of benzene rings is 2. The van der Waals surface area contributed by atoms with Crippen molar-refractivity contribution in [3.05, 3.63) is 28.8 Å². The van der Waals surface area contributed by atoms with Gasteiger partial charge in [0, 0.05) is 23.8 Å². The Balaban J connectivity index is 2.53. The lowest BCUT2D eigenvalue weighted by Gasteiger charge is -2.29. The zero-order valence-corrected chi connectivity index (χ0v) is 22.5. The van der Waals surface area contributed by atoms with Crippen LogP contribution >= 0.6 is 0 Å². The third-order valence-electron chi connectivity index (χ3n) is 5.94. The van der Waals surface area contributed by atoms with Gasteiger partial charge in [0.15, 0.2) is 11.5 Å². The third kappa shape index (κ3) is 4.80. The van der Waals surface area contributed by atoms with Gasteiger partial charge < -0.3 is 28.1 Å². The zero-order chi connectivity index (χ0) is 24.3. The van der Waals surface area contributed by atoms with Gasteiger partial charge in [-0.05, 0) is 62.2 Å². The van der Waals surface area contributed by atoms with Crippen LogP contribution in [0.25, 0.3) is 11.1 Å². The van der Waals surface area contributed by atoms with Gasteiger partial charge in [0.1, 0.15) is 11.5 Å². The lowest BCUT2D eigenvalue weighted by atomic mass is 9.89. The van der Waals surface area contributed by atoms with Crippen molar-refractivity contribution in [1.29, 1.82) is 0 Å². The zero-order valence-electron chi connectivity index (χ0n) is 21.5. The van der Waals surface area contributed by atoms with Crippen LogP contribution in [0.1, 0.15) is 42.6 Å². The molecule has 1 unspecified atom stereocenters. The van der Waals surface area contributed by atoms with Crippen molar-refractivity contribution in [3.8, 4) is 39.9 Å². The summed E-state index contributed by atoms with van der Waals surface area (Å²) in [4.78, 5) is 0. The molecule has 1 atom stereocenters. The number of fused-ring (bicyclic) bond motifs is 3. The van der Waals surface area contributed by atoms with Gasteiger partial charge in [-0.1, -0.05) is 13.3 Å². The molecule has 6 nitrogen and oxygen atoms in total. The minimum atomic E-state index is -1.91. The summed E-state index contributed by atoms with van der Waals surface area (Å²) in [7, 11) is 6.52. The van der Waals surface area contributed by atoms with Crippen molar-refractivity contribution in [1.82, 2.24) is 0 Å². The Kier molecular flexibility index (Phi) is 7.85. The second kappa shape index (κ2) is 10.3. The average Bonchev–Trinajstić information content (AvgIpc) is 2.94. The highest BCUT2D eigenvalue weighted by atomic mass is 28.4. The van der Waals surface area contributed by atoms with Crippen molar-refractivity contribution in [2.24, 2.45) is 0 Å². The highest BCUT2D eigenvalue weighted by molar-refractivity contribution is 6.70. The molecular formula is C26H38O6Si. The topological polar surface area (TPSA) is 55.4 Å². The number of rotatable bonds is 9. The van der Waals surface area contributed by atoms with Crippen LogP contribution in [0, 0.1) is 0 Å². The van der Waals surface area contributed by atoms with Crippen molar-refractivity contribution in [3.63, 3.8) is 0 Å². The van der Waals surface area contributed by atoms with Crippen LogP contribution in [0.4, 0.5) is 0 Å². The summed E-state index contributed by atoms with van der Waals surface area (Å²) in [6, 6.07) is 4.20. The first-order valence-electron chi connectivity index (χ1n) is 11.5. The molecule has 0 N–H and O–H groups in total. The highest BCUT2D eigenvalue weighted by Gasteiger charge is 2.35. The van der Waals surface area contributed by atoms with Crippen molar-refractivity contribution < 1.29 is 28.1 Å². The van der Waals surface area contributed by atoms with E-state index >= 15 is 0 Å². The largest absolute Gasteiger partial charge is 0.544 e. The second-order valence-corrected chi connectivity index (χ2v) is 13.7. The molecule has 2 aromatic carbocycles. The first-order chi connectivity index (χ1) is 15.7. The van der Waals surface area contributed by atoms with Crippen LogP contribution in [-0.2, 0) is 17.6 Å². The molecule has 0 aliphatic heterocycles. The molecule has 182 valence electrons. The monoisotopic (exact) mass is 474 g/mol. The van der Waals surface area contributed by atoms with E-state index in [2.05, 4.69) is 32.6 Å². The molecule has 7 heteroatoms. The van der Waals surface area contributed by atoms with E-state index in [0.29, 0.717) is 17.2 Å². The lowest BCUT2D eigenvalue weighted by Crippen LogP contribution is -2.30. The second-order valence-electron chi connectivity index (χ2n) is 9.26. The summed E-state index contributed by atoms with van der Waals surface area (Å²) >= 11 is 0. The van der Waals surface area contributed by atoms with Gasteiger partial charge in [0.05, 0.1) is 34.5 Å². The van der Waals surface area contributed by atoms with Crippen molar-refractivity contribution in [2.75, 3.05) is 35.5 Å². The molecule has 2 aromatic rings. The minimum Gasteiger partial charge on any atom is -0.544 e. The Hall–Kier alpha value is -2.38. The molecule has 0 amide bonds. The predicted octanol–water partition coefficient (Wildman–Crippen LogP) is 6.19. The Morgan fingerprint density at radius 1 is 0.818 bits per heavy atom. The summed E-state index contributed by atoms with van der Waals surface area (Å²) in [5, 5.41) is 0. The fourth-order valence-electron chi connectivity index (χ4n) is 4.72. The van der Waals surface area contributed by atoms with Gasteiger partial charge in [-0.2, -0.15) is 0 Å². The van der Waals surface area contributed by atoms with Crippen LogP contribution in [0.2, 0.25) is 19.6 Å². The minimum absolute atomic E-state index is 0.148. The molecule has 1 aliphatic rings. The normalized spacial score (nSPS) is 15.2. The lowest BCUT2D eigenvalue weighted by molar-refractivity contribution is 0.0954. The molecule has 0 radical (unpaired) electrons. The van der Waals surface area contributed by atoms with E-state index in [1.807, 2.05) is 6.07 Å². The van der Waals surface area contributed by atoms with Crippen LogP contribution in [-0.4, -0.2) is 43.9 Å². The molecule has 1 aliphatic carbocycles. The van der Waals surface area contributed by atoms with Crippen LogP contribution < -0.4 is 23.4 Å². The number of hydrogen-bond donors (Lipinski definition) is 0. The van der Waals surface area contributed by atoms with Gasteiger partial charge in [0.2, 0.25) is 14.1 Å². The third-order valence-corrected chi connectivity index (χ3v) is 6.77. The van der Waals surface area contributed by atoms with Gasteiger partial charge in [-0.25, -0.2) is 0 Å². The highest BCUT2D eigenvalue weighted by Crippen LogP contribution is 2.56. The number of hydrogen-bond acceptors (Lipinski definition) is 6. The number of ether oxygens (including phenoxy) is 5. The standard InChI is InChI=1S/C26H38O6Si/c1-10-11-17-15-19(32-33(7,8)9)22-18(27-2)13-12-16-14-20(28-3)25(30-5)26(31-6)21(16)23(22)24(17)29-4/h14-15,18H,10-13H2,1-9H3. The van der Waals surface area contributed by atoms with Gasteiger partial charge in [-0.15, -0.1) is 0 Å². The van der Waals surface area contributed by atoms with E-state index in [1.54, 1.807) is 35.5 Å². The summed E-state index contributed by atoms with van der Waals surface area (Å²) in [6.07, 6.45) is 3.31. The summed E-state index contributed by atoms with van der Waals surface area (Å²) in [6.45, 7) is 8.77. The van der Waals surface area contributed by atoms with Crippen LogP contribution in [0.15, 0.2) is 12.1 Å². The first-order valence-corrected chi connectivity index (χ1v) is 14.9. The van der Waals surface area contributed by atoms with Crippen LogP contribution in [0.3, 0.4) is 0 Å². The molecule has 0 saturated carbocycles. The summed E-state index contributed by atoms with van der Waals surface area (Å²) < 4.78 is 36.2. The maximum absolute atomic E-state index is 6.67. The number of methoxy groups -OCH3 is 5. The van der Waals surface area contributed by atoms with E-state index in [-0.39, 0.29) is 6.10 Å². The van der Waals surface area contributed by atoms with Gasteiger partial charge >= 0.3 is 0 Å². The first kappa shape index (κ1) is 25.2. The van der Waals surface area contributed by atoms with Crippen LogP contribution in [0.5, 0.6) is 28.7 Å². The van der Waals surface area contributed by atoms with Crippen molar-refractivity contribution >= 4 is 8.32 Å². The molecule has 3 rings (SSSR count). The fraction of sp³-hybridized carbons (Fsp3) is 0.538. The van der Waals surface area contributed by atoms with Gasteiger partial charge in [-0.3, -0.25) is 0 Å². The van der Waals surface area contributed by atoms with E-state index < -0.39 is 8.32 Å². The van der Waals surface area contributed by atoms with Crippen molar-refractivity contribution in [2.45, 2.75) is 58.4 Å². The number of aryl methyl sites for hydroxylation is 2. The van der Waals surface area contributed by atoms with E-state index in [4.69, 9.17) is 28.1 Å². The van der Waals surface area contributed by atoms with E-state index in [0.717, 1.165) is 65.0 Å². The maximum atomic E-state index is 6.67. The summed E-state index contributed by atoms with van der Waals surface area (Å²) in [5.74, 6) is 3.56. The average molecular weight is 475 g/mol. The SMILES string of the molecule is CCCc1cc(O[Si](C)(C)C)c2c(c1OC)-c1c(cc(OC)c(OC)c1OC)CCC2OC. The van der Waals surface area contributed by atoms with Gasteiger partial charge in [0.25, 0.3) is 0 Å². The molecule has 33 heavy (non-hydrogen) atoms.